The van der Waals surface area contributed by atoms with E-state index in [1.807, 2.05) is 0 Å². The Balaban J connectivity index is 2.02. The summed E-state index contributed by atoms with van der Waals surface area (Å²) in [4.78, 5) is 12.3. The normalized spacial score (nSPS) is 16.4. The molecule has 2 aromatic carbocycles. The SMILES string of the molecule is O=C(Oc1ccc(Br)cc1)C1=C(c2ccccc2)S(=O)(=O)CCO1. The van der Waals surface area contributed by atoms with Crippen LogP contribution >= 0.6 is 15.9 Å². The molecule has 0 fully saturated rings. The van der Waals surface area contributed by atoms with Gasteiger partial charge in [0.2, 0.25) is 5.76 Å². The molecule has 0 atom stereocenters. The zero-order chi connectivity index (χ0) is 17.2. The molecule has 24 heavy (non-hydrogen) atoms. The quantitative estimate of drug-likeness (QED) is 0.576. The van der Waals surface area contributed by atoms with Crippen molar-refractivity contribution >= 4 is 36.6 Å². The molecule has 0 radical (unpaired) electrons. The van der Waals surface area contributed by atoms with Gasteiger partial charge in [-0.25, -0.2) is 13.2 Å². The van der Waals surface area contributed by atoms with Crippen molar-refractivity contribution in [2.24, 2.45) is 0 Å². The third kappa shape index (κ3) is 3.52. The number of benzene rings is 2. The molecule has 0 aliphatic carbocycles. The molecule has 7 heteroatoms. The molecule has 0 aromatic heterocycles. The molecule has 0 spiro atoms. The standard InChI is InChI=1S/C17H13BrO5S/c18-13-6-8-14(9-7-13)23-17(19)15-16(12-4-2-1-3-5-12)24(20,21)11-10-22-15/h1-9H,10-11H2. The summed E-state index contributed by atoms with van der Waals surface area (Å²) in [6.07, 6.45) is 0. The van der Waals surface area contributed by atoms with Crippen molar-refractivity contribution in [3.63, 3.8) is 0 Å². The van der Waals surface area contributed by atoms with Crippen molar-refractivity contribution in [2.45, 2.75) is 0 Å². The summed E-state index contributed by atoms with van der Waals surface area (Å²) in [7, 11) is -3.62. The lowest BCUT2D eigenvalue weighted by molar-refractivity contribution is -0.133. The number of carbonyl (C=O) groups excluding carboxylic acids is 1. The molecule has 1 heterocycles. The molecule has 0 amide bonds. The zero-order valence-electron chi connectivity index (χ0n) is 12.4. The van der Waals surface area contributed by atoms with Crippen molar-refractivity contribution in [3.05, 3.63) is 70.4 Å². The highest BCUT2D eigenvalue weighted by Gasteiger charge is 2.34. The third-order valence-electron chi connectivity index (χ3n) is 3.36. The molecule has 2 aromatic rings. The van der Waals surface area contributed by atoms with E-state index >= 15 is 0 Å². The Morgan fingerprint density at radius 3 is 2.38 bits per heavy atom. The van der Waals surface area contributed by atoms with E-state index in [0.29, 0.717) is 11.3 Å². The van der Waals surface area contributed by atoms with E-state index in [1.165, 1.54) is 0 Å². The minimum Gasteiger partial charge on any atom is -0.485 e. The van der Waals surface area contributed by atoms with Gasteiger partial charge in [0, 0.05) is 4.47 Å². The molecule has 1 aliphatic heterocycles. The molecule has 1 aliphatic rings. The Morgan fingerprint density at radius 2 is 1.71 bits per heavy atom. The summed E-state index contributed by atoms with van der Waals surface area (Å²) in [5, 5.41) is 0. The van der Waals surface area contributed by atoms with Crippen LogP contribution in [0.15, 0.2) is 64.8 Å². The van der Waals surface area contributed by atoms with Crippen molar-refractivity contribution in [1.82, 2.24) is 0 Å². The first kappa shape index (κ1) is 16.7. The van der Waals surface area contributed by atoms with Gasteiger partial charge >= 0.3 is 5.97 Å². The van der Waals surface area contributed by atoms with Gasteiger partial charge in [-0.15, -0.1) is 0 Å². The van der Waals surface area contributed by atoms with Crippen LogP contribution in [0.25, 0.3) is 4.91 Å². The Bertz CT molecular complexity index is 886. The minimum atomic E-state index is -3.62. The lowest BCUT2D eigenvalue weighted by Gasteiger charge is -2.20. The van der Waals surface area contributed by atoms with Crippen LogP contribution in [-0.4, -0.2) is 26.7 Å². The number of rotatable bonds is 3. The van der Waals surface area contributed by atoms with Crippen LogP contribution in [0.3, 0.4) is 0 Å². The van der Waals surface area contributed by atoms with E-state index in [4.69, 9.17) is 9.47 Å². The molecule has 0 saturated carbocycles. The lowest BCUT2D eigenvalue weighted by Crippen LogP contribution is -2.27. The first-order chi connectivity index (χ1) is 11.5. The van der Waals surface area contributed by atoms with E-state index in [2.05, 4.69) is 15.9 Å². The van der Waals surface area contributed by atoms with E-state index in [-0.39, 0.29) is 23.0 Å². The molecular formula is C17H13BrO5S. The van der Waals surface area contributed by atoms with Crippen molar-refractivity contribution in [1.29, 1.82) is 0 Å². The smallest absolute Gasteiger partial charge is 0.380 e. The fraction of sp³-hybridized carbons (Fsp3) is 0.118. The van der Waals surface area contributed by atoms with Gasteiger partial charge in [-0.05, 0) is 29.8 Å². The van der Waals surface area contributed by atoms with E-state index in [9.17, 15) is 13.2 Å². The van der Waals surface area contributed by atoms with E-state index in [0.717, 1.165) is 4.47 Å². The van der Waals surface area contributed by atoms with Crippen LogP contribution in [0.2, 0.25) is 0 Å². The highest BCUT2D eigenvalue weighted by molar-refractivity contribution is 9.10. The molecule has 3 rings (SSSR count). The maximum Gasteiger partial charge on any atom is 0.380 e. The van der Waals surface area contributed by atoms with Gasteiger partial charge < -0.3 is 9.47 Å². The number of carbonyl (C=O) groups is 1. The number of sulfone groups is 1. The molecule has 0 saturated heterocycles. The summed E-state index contributed by atoms with van der Waals surface area (Å²) >= 11 is 3.29. The Labute approximate surface area is 147 Å². The lowest BCUT2D eigenvalue weighted by atomic mass is 10.2. The van der Waals surface area contributed by atoms with Crippen LogP contribution in [0.4, 0.5) is 0 Å². The van der Waals surface area contributed by atoms with Gasteiger partial charge in [0.15, 0.2) is 9.84 Å². The van der Waals surface area contributed by atoms with E-state index in [1.54, 1.807) is 54.6 Å². The molecule has 0 bridgehead atoms. The summed E-state index contributed by atoms with van der Waals surface area (Å²) in [6, 6.07) is 15.0. The topological polar surface area (TPSA) is 69.7 Å². The molecule has 0 N–H and O–H groups in total. The second-order valence-electron chi connectivity index (χ2n) is 5.04. The van der Waals surface area contributed by atoms with Crippen LogP contribution in [0, 0.1) is 0 Å². The van der Waals surface area contributed by atoms with Crippen molar-refractivity contribution in [2.75, 3.05) is 12.4 Å². The number of ether oxygens (including phenoxy) is 2. The molecular weight excluding hydrogens is 396 g/mol. The minimum absolute atomic E-state index is 0.0799. The van der Waals surface area contributed by atoms with Gasteiger partial charge in [0.25, 0.3) is 0 Å². The third-order valence-corrected chi connectivity index (χ3v) is 5.64. The zero-order valence-corrected chi connectivity index (χ0v) is 14.8. The van der Waals surface area contributed by atoms with Gasteiger partial charge in [0.1, 0.15) is 17.3 Å². The summed E-state index contributed by atoms with van der Waals surface area (Å²) < 4.78 is 36.3. The maximum absolute atomic E-state index is 12.4. The highest BCUT2D eigenvalue weighted by atomic mass is 79.9. The molecule has 5 nitrogen and oxygen atoms in total. The number of hydrogen-bond acceptors (Lipinski definition) is 5. The van der Waals surface area contributed by atoms with Crippen molar-refractivity contribution in [3.8, 4) is 5.75 Å². The summed E-state index contributed by atoms with van der Waals surface area (Å²) in [6.45, 7) is -0.0799. The fourth-order valence-corrected chi connectivity index (χ4v) is 3.96. The van der Waals surface area contributed by atoms with Crippen LogP contribution in [0.5, 0.6) is 5.75 Å². The highest BCUT2D eigenvalue weighted by Crippen LogP contribution is 2.30. The second kappa shape index (κ2) is 6.78. The van der Waals surface area contributed by atoms with Crippen LogP contribution in [0.1, 0.15) is 5.56 Å². The molecule has 0 unspecified atom stereocenters. The fourth-order valence-electron chi connectivity index (χ4n) is 2.27. The Morgan fingerprint density at radius 1 is 1.04 bits per heavy atom. The van der Waals surface area contributed by atoms with Crippen LogP contribution < -0.4 is 4.74 Å². The number of esters is 1. The Hall–Kier alpha value is -2.12. The van der Waals surface area contributed by atoms with Crippen LogP contribution in [-0.2, 0) is 19.4 Å². The molecule has 124 valence electrons. The maximum atomic E-state index is 12.4. The monoisotopic (exact) mass is 408 g/mol. The predicted octanol–water partition coefficient (Wildman–Crippen LogP) is 3.17. The van der Waals surface area contributed by atoms with Gasteiger partial charge in [-0.1, -0.05) is 46.3 Å². The van der Waals surface area contributed by atoms with Gasteiger partial charge in [-0.3, -0.25) is 0 Å². The van der Waals surface area contributed by atoms with Gasteiger partial charge in [-0.2, -0.15) is 0 Å². The predicted molar refractivity (Wildman–Crippen MR) is 92.9 cm³/mol. The first-order valence-electron chi connectivity index (χ1n) is 7.10. The summed E-state index contributed by atoms with van der Waals surface area (Å²) in [5.74, 6) is -0.990. The van der Waals surface area contributed by atoms with Gasteiger partial charge in [0.05, 0.1) is 5.75 Å². The van der Waals surface area contributed by atoms with E-state index < -0.39 is 15.8 Å². The largest absolute Gasteiger partial charge is 0.485 e. The van der Waals surface area contributed by atoms with Crippen molar-refractivity contribution < 1.29 is 22.7 Å². The summed E-state index contributed by atoms with van der Waals surface area (Å²) in [5.41, 5.74) is 0.403. The first-order valence-corrected chi connectivity index (χ1v) is 9.55. The average molecular weight is 409 g/mol. The Kier molecular flexibility index (Phi) is 4.73. The number of hydrogen-bond donors (Lipinski definition) is 0. The second-order valence-corrected chi connectivity index (χ2v) is 8.00. The average Bonchev–Trinajstić information content (AvgIpc) is 2.56. The number of halogens is 1.